The monoisotopic (exact) mass is 332 g/mol. The molecule has 0 radical (unpaired) electrons. The van der Waals surface area contributed by atoms with E-state index in [1.807, 2.05) is 6.20 Å². The Morgan fingerprint density at radius 3 is 2.46 bits per heavy atom. The summed E-state index contributed by atoms with van der Waals surface area (Å²) in [6.45, 7) is 12.5. The van der Waals surface area contributed by atoms with Crippen molar-refractivity contribution >= 4 is 5.91 Å². The summed E-state index contributed by atoms with van der Waals surface area (Å²) in [6, 6.07) is 2.28. The van der Waals surface area contributed by atoms with Crippen LogP contribution in [0.5, 0.6) is 0 Å². The van der Waals surface area contributed by atoms with E-state index < -0.39 is 0 Å². The Labute approximate surface area is 146 Å². The van der Waals surface area contributed by atoms with Crippen LogP contribution in [0.15, 0.2) is 12.3 Å². The zero-order valence-corrected chi connectivity index (χ0v) is 15.7. The number of hydrogen-bond acceptors (Lipinski definition) is 3. The van der Waals surface area contributed by atoms with Gasteiger partial charge in [0.25, 0.3) is 0 Å². The number of aryl methyl sites for hydroxylation is 1. The van der Waals surface area contributed by atoms with Gasteiger partial charge in [-0.05, 0) is 65.6 Å². The van der Waals surface area contributed by atoms with Crippen molar-refractivity contribution in [1.82, 2.24) is 19.6 Å². The normalized spacial score (nSPS) is 24.1. The van der Waals surface area contributed by atoms with Crippen LogP contribution in [0.25, 0.3) is 0 Å². The van der Waals surface area contributed by atoms with Gasteiger partial charge in [-0.3, -0.25) is 14.4 Å². The van der Waals surface area contributed by atoms with Gasteiger partial charge in [0, 0.05) is 36.4 Å². The second kappa shape index (κ2) is 6.87. The SMILES string of the molecule is CCCn1nccc1C1CCN(C2CCN(C(C)(C)C)C2=O)CC1. The van der Waals surface area contributed by atoms with E-state index in [0.29, 0.717) is 11.8 Å². The Bertz CT molecular complexity index is 566. The third-order valence-corrected chi connectivity index (χ3v) is 5.56. The molecular weight excluding hydrogens is 300 g/mol. The van der Waals surface area contributed by atoms with E-state index in [9.17, 15) is 4.79 Å². The lowest BCUT2D eigenvalue weighted by molar-refractivity contribution is -0.136. The molecule has 5 heteroatoms. The molecule has 1 atom stereocenters. The summed E-state index contributed by atoms with van der Waals surface area (Å²) in [5.41, 5.74) is 1.32. The van der Waals surface area contributed by atoms with Gasteiger partial charge in [-0.1, -0.05) is 6.92 Å². The van der Waals surface area contributed by atoms with Crippen molar-refractivity contribution in [1.29, 1.82) is 0 Å². The molecule has 0 spiro atoms. The molecule has 5 nitrogen and oxygen atoms in total. The standard InChI is InChI=1S/C19H32N4O/c1-5-11-23-16(6-10-20-23)15-7-12-21(13-8-15)17-9-14-22(18(17)24)19(2,3)4/h6,10,15,17H,5,7-9,11-14H2,1-4H3. The maximum absolute atomic E-state index is 12.8. The zero-order chi connectivity index (χ0) is 17.3. The maximum atomic E-state index is 12.8. The van der Waals surface area contributed by atoms with Crippen LogP contribution < -0.4 is 0 Å². The lowest BCUT2D eigenvalue weighted by Gasteiger charge is -2.37. The van der Waals surface area contributed by atoms with E-state index in [4.69, 9.17) is 0 Å². The summed E-state index contributed by atoms with van der Waals surface area (Å²) in [5, 5.41) is 4.47. The molecular formula is C19H32N4O. The van der Waals surface area contributed by atoms with Gasteiger partial charge in [0.1, 0.15) is 0 Å². The van der Waals surface area contributed by atoms with Crippen LogP contribution in [0.1, 0.15) is 65.0 Å². The average molecular weight is 332 g/mol. The molecule has 3 heterocycles. The van der Waals surface area contributed by atoms with Gasteiger partial charge < -0.3 is 4.90 Å². The largest absolute Gasteiger partial charge is 0.336 e. The molecule has 24 heavy (non-hydrogen) atoms. The third-order valence-electron chi connectivity index (χ3n) is 5.56. The Morgan fingerprint density at radius 2 is 1.88 bits per heavy atom. The molecule has 0 bridgehead atoms. The van der Waals surface area contributed by atoms with E-state index >= 15 is 0 Å². The lowest BCUT2D eigenvalue weighted by Crippen LogP contribution is -2.49. The predicted molar refractivity (Wildman–Crippen MR) is 95.9 cm³/mol. The Balaban J connectivity index is 1.60. The first-order valence-electron chi connectivity index (χ1n) is 9.49. The van der Waals surface area contributed by atoms with Crippen molar-refractivity contribution in [2.24, 2.45) is 0 Å². The minimum Gasteiger partial charge on any atom is -0.336 e. The van der Waals surface area contributed by atoms with Gasteiger partial charge in [-0.15, -0.1) is 0 Å². The van der Waals surface area contributed by atoms with E-state index in [1.54, 1.807) is 0 Å². The highest BCUT2D eigenvalue weighted by molar-refractivity contribution is 5.84. The zero-order valence-electron chi connectivity index (χ0n) is 15.7. The summed E-state index contributed by atoms with van der Waals surface area (Å²) in [7, 11) is 0. The summed E-state index contributed by atoms with van der Waals surface area (Å²) in [4.78, 5) is 17.2. The molecule has 0 aromatic carbocycles. The average Bonchev–Trinajstić information content (AvgIpc) is 3.14. The maximum Gasteiger partial charge on any atom is 0.240 e. The fourth-order valence-electron chi connectivity index (χ4n) is 4.26. The summed E-state index contributed by atoms with van der Waals surface area (Å²) >= 11 is 0. The van der Waals surface area contributed by atoms with Gasteiger partial charge in [0.15, 0.2) is 0 Å². The summed E-state index contributed by atoms with van der Waals surface area (Å²) < 4.78 is 2.17. The molecule has 0 N–H and O–H groups in total. The number of rotatable bonds is 4. The molecule has 1 aromatic heterocycles. The molecule has 2 aliphatic heterocycles. The minimum absolute atomic E-state index is 0.0587. The lowest BCUT2D eigenvalue weighted by atomic mass is 9.92. The highest BCUT2D eigenvalue weighted by Crippen LogP contribution is 2.32. The van der Waals surface area contributed by atoms with Crippen LogP contribution >= 0.6 is 0 Å². The van der Waals surface area contributed by atoms with Gasteiger partial charge in [-0.2, -0.15) is 5.10 Å². The first kappa shape index (κ1) is 17.5. The number of carbonyl (C=O) groups is 1. The van der Waals surface area contributed by atoms with Crippen LogP contribution in [-0.4, -0.2) is 56.7 Å². The van der Waals surface area contributed by atoms with Crippen molar-refractivity contribution in [2.45, 2.75) is 77.4 Å². The molecule has 2 saturated heterocycles. The van der Waals surface area contributed by atoms with Crippen LogP contribution in [0, 0.1) is 0 Å². The Hall–Kier alpha value is -1.36. The fraction of sp³-hybridized carbons (Fsp3) is 0.789. The smallest absolute Gasteiger partial charge is 0.240 e. The molecule has 1 aromatic rings. The van der Waals surface area contributed by atoms with E-state index in [-0.39, 0.29) is 11.6 Å². The molecule has 1 unspecified atom stereocenters. The minimum atomic E-state index is -0.0587. The molecule has 2 aliphatic rings. The first-order chi connectivity index (χ1) is 11.4. The predicted octanol–water partition coefficient (Wildman–Crippen LogP) is 2.87. The fourth-order valence-corrected chi connectivity index (χ4v) is 4.26. The van der Waals surface area contributed by atoms with Gasteiger partial charge in [0.2, 0.25) is 5.91 Å². The first-order valence-corrected chi connectivity index (χ1v) is 9.49. The molecule has 0 saturated carbocycles. The number of aromatic nitrogens is 2. The van der Waals surface area contributed by atoms with Gasteiger partial charge >= 0.3 is 0 Å². The molecule has 2 fully saturated rings. The molecule has 134 valence electrons. The molecule has 3 rings (SSSR count). The van der Waals surface area contributed by atoms with Crippen LogP contribution in [0.4, 0.5) is 0 Å². The van der Waals surface area contributed by atoms with Gasteiger partial charge in [0.05, 0.1) is 6.04 Å². The van der Waals surface area contributed by atoms with Crippen molar-refractivity contribution in [3.63, 3.8) is 0 Å². The third kappa shape index (κ3) is 3.37. The number of piperidine rings is 1. The van der Waals surface area contributed by atoms with Crippen LogP contribution in [-0.2, 0) is 11.3 Å². The second-order valence-corrected chi connectivity index (χ2v) is 8.25. The highest BCUT2D eigenvalue weighted by atomic mass is 16.2. The van der Waals surface area contributed by atoms with E-state index in [2.05, 4.69) is 53.3 Å². The van der Waals surface area contributed by atoms with Crippen LogP contribution in [0.2, 0.25) is 0 Å². The van der Waals surface area contributed by atoms with E-state index in [1.165, 1.54) is 5.69 Å². The quantitative estimate of drug-likeness (QED) is 0.851. The summed E-state index contributed by atoms with van der Waals surface area (Å²) in [5.74, 6) is 0.919. The number of hydrogen-bond donors (Lipinski definition) is 0. The topological polar surface area (TPSA) is 41.4 Å². The van der Waals surface area contributed by atoms with Gasteiger partial charge in [-0.25, -0.2) is 0 Å². The Kier molecular flexibility index (Phi) is 5.00. The number of likely N-dealkylation sites (tertiary alicyclic amines) is 2. The summed E-state index contributed by atoms with van der Waals surface area (Å²) in [6.07, 6.45) is 6.30. The van der Waals surface area contributed by atoms with Crippen molar-refractivity contribution < 1.29 is 4.79 Å². The van der Waals surface area contributed by atoms with Crippen molar-refractivity contribution in [2.75, 3.05) is 19.6 Å². The van der Waals surface area contributed by atoms with Crippen molar-refractivity contribution in [3.05, 3.63) is 18.0 Å². The molecule has 1 amide bonds. The highest BCUT2D eigenvalue weighted by Gasteiger charge is 2.41. The number of amides is 1. The van der Waals surface area contributed by atoms with Crippen LogP contribution in [0.3, 0.4) is 0 Å². The van der Waals surface area contributed by atoms with E-state index in [0.717, 1.165) is 51.9 Å². The number of nitrogens with zero attached hydrogens (tertiary/aromatic N) is 4. The molecule has 0 aliphatic carbocycles. The second-order valence-electron chi connectivity index (χ2n) is 8.25. The Morgan fingerprint density at radius 1 is 1.17 bits per heavy atom. The number of carbonyl (C=O) groups excluding carboxylic acids is 1. The van der Waals surface area contributed by atoms with Crippen molar-refractivity contribution in [3.8, 4) is 0 Å².